The monoisotopic (exact) mass is 992 g/mol. The van der Waals surface area contributed by atoms with Crippen molar-refractivity contribution in [3.63, 3.8) is 0 Å². The SMILES string of the molecule is CC(C)(C)[Si](OCCCn1cc(C2=C(c3cc4n(n3)CCC4)C(=O)NC2=O)c2cccnc21)(c1ccccc1)c1ccccc1.O=C1NC(=O)C(c2cn(CCCO)c3ncccc23)=C1c1cc2n(n1)CCC2. The maximum atomic E-state index is 13.3. The first-order chi connectivity index (χ1) is 35.4. The van der Waals surface area contributed by atoms with E-state index in [1.165, 1.54) is 10.4 Å². The highest BCUT2D eigenvalue weighted by molar-refractivity contribution is 6.99. The summed E-state index contributed by atoms with van der Waals surface area (Å²) in [5, 5.41) is 27.4. The number of rotatable bonds is 14. The number of aryl methyl sites for hydroxylation is 6. The van der Waals surface area contributed by atoms with E-state index in [0.29, 0.717) is 70.9 Å². The Morgan fingerprint density at radius 2 is 1.05 bits per heavy atom. The van der Waals surface area contributed by atoms with Gasteiger partial charge in [0, 0.05) is 97.5 Å². The summed E-state index contributed by atoms with van der Waals surface area (Å²) in [6.07, 6.45) is 12.5. The predicted octanol–water partition coefficient (Wildman–Crippen LogP) is 5.84. The summed E-state index contributed by atoms with van der Waals surface area (Å²) in [5.74, 6) is -1.65. The van der Waals surface area contributed by atoms with Gasteiger partial charge in [-0.3, -0.25) is 39.2 Å². The first kappa shape index (κ1) is 47.5. The molecule has 0 bridgehead atoms. The lowest BCUT2D eigenvalue weighted by molar-refractivity contribution is -0.124. The van der Waals surface area contributed by atoms with Crippen LogP contribution in [0, 0.1) is 0 Å². The average molecular weight is 993 g/mol. The van der Waals surface area contributed by atoms with Crippen molar-refractivity contribution in [3.05, 3.63) is 156 Å². The van der Waals surface area contributed by atoms with E-state index in [-0.39, 0.29) is 11.6 Å². The molecule has 17 heteroatoms. The molecular formula is C56H56N10O6Si. The van der Waals surface area contributed by atoms with Crippen LogP contribution in [0.2, 0.25) is 5.04 Å². The quantitative estimate of drug-likeness (QED) is 0.0678. The largest absolute Gasteiger partial charge is 0.407 e. The Labute approximate surface area is 422 Å². The van der Waals surface area contributed by atoms with E-state index in [1.807, 2.05) is 62.7 Å². The zero-order valence-electron chi connectivity index (χ0n) is 41.1. The molecule has 2 aromatic carbocycles. The molecular weight excluding hydrogens is 937 g/mol. The molecule has 73 heavy (non-hydrogen) atoms. The van der Waals surface area contributed by atoms with Gasteiger partial charge in [-0.1, -0.05) is 81.4 Å². The summed E-state index contributed by atoms with van der Waals surface area (Å²) < 4.78 is 14.9. The first-order valence-electron chi connectivity index (χ1n) is 25.0. The number of benzene rings is 2. The number of carbonyl (C=O) groups is 4. The number of fused-ring (bicyclic) bond motifs is 4. The van der Waals surface area contributed by atoms with E-state index < -0.39 is 31.9 Å². The minimum atomic E-state index is -2.65. The number of amides is 4. The van der Waals surface area contributed by atoms with E-state index in [9.17, 15) is 24.3 Å². The van der Waals surface area contributed by atoms with Crippen molar-refractivity contribution >= 4 is 86.7 Å². The highest BCUT2D eigenvalue weighted by atomic mass is 28.4. The van der Waals surface area contributed by atoms with Crippen LogP contribution >= 0.6 is 0 Å². The smallest absolute Gasteiger partial charge is 0.261 e. The second-order valence-corrected chi connectivity index (χ2v) is 24.2. The third kappa shape index (κ3) is 8.46. The van der Waals surface area contributed by atoms with Crippen LogP contribution in [0.1, 0.15) is 80.4 Å². The number of imide groups is 2. The maximum absolute atomic E-state index is 13.3. The summed E-state index contributed by atoms with van der Waals surface area (Å²) in [5.41, 5.74) is 7.44. The summed E-state index contributed by atoms with van der Waals surface area (Å²) >= 11 is 0. The number of aliphatic hydroxyl groups excluding tert-OH is 1. The fourth-order valence-corrected chi connectivity index (χ4v) is 15.7. The van der Waals surface area contributed by atoms with Gasteiger partial charge in [0.25, 0.3) is 31.9 Å². The van der Waals surface area contributed by atoms with Gasteiger partial charge in [0.2, 0.25) is 0 Å². The number of carbonyl (C=O) groups excluding carboxylic acids is 4. The molecule has 0 aliphatic carbocycles. The van der Waals surface area contributed by atoms with E-state index in [4.69, 9.17) is 4.43 Å². The van der Waals surface area contributed by atoms with E-state index in [2.05, 4.69) is 117 Å². The van der Waals surface area contributed by atoms with Crippen LogP contribution in [0.5, 0.6) is 0 Å². The minimum absolute atomic E-state index is 0.0645. The molecule has 12 rings (SSSR count). The molecule has 0 atom stereocenters. The number of aliphatic hydroxyl groups is 1. The standard InChI is InChI=1S/C36H37N5O3Si.C20H19N5O3/c1-36(2,3)45(26-14-6-4-7-15-26,27-16-8-5-9-17-27)44-22-12-20-40-24-29(28-18-10-19-37-33(28)40)31-32(35(43)38-34(31)42)30-23-25-13-11-21-41(25)39-30;26-9-3-7-24-11-14(13-5-1-6-21-18(13)24)16-17(20(28)22-19(16)27)15-10-12-4-2-8-25(12)23-15/h4-10,14-19,23-24H,11-13,20-22H2,1-3H3,(H,38,42,43);1,5-6,10-11,26H,2-4,7-9H2,(H,22,27,28). The molecule has 8 aromatic rings. The fraction of sp³-hybridized carbons (Fsp3) is 0.286. The van der Waals surface area contributed by atoms with Gasteiger partial charge in [0.15, 0.2) is 0 Å². The van der Waals surface area contributed by atoms with Crippen molar-refractivity contribution in [1.82, 2.24) is 49.3 Å². The molecule has 16 nitrogen and oxygen atoms in total. The van der Waals surface area contributed by atoms with Crippen molar-refractivity contribution in [1.29, 1.82) is 0 Å². The lowest BCUT2D eigenvalue weighted by Crippen LogP contribution is -2.66. The molecule has 4 aliphatic rings. The van der Waals surface area contributed by atoms with Crippen LogP contribution in [-0.2, 0) is 62.6 Å². The number of nitrogens with one attached hydrogen (secondary N) is 2. The number of aromatic nitrogens is 8. The Morgan fingerprint density at radius 1 is 0.603 bits per heavy atom. The van der Waals surface area contributed by atoms with Gasteiger partial charge in [-0.15, -0.1) is 0 Å². The Hall–Kier alpha value is -7.86. The van der Waals surface area contributed by atoms with Gasteiger partial charge in [-0.05, 0) is 90.3 Å². The minimum Gasteiger partial charge on any atom is -0.407 e. The molecule has 10 heterocycles. The summed E-state index contributed by atoms with van der Waals surface area (Å²) in [4.78, 5) is 60.8. The Bertz CT molecular complexity index is 3460. The third-order valence-electron chi connectivity index (χ3n) is 14.3. The van der Waals surface area contributed by atoms with Crippen LogP contribution < -0.4 is 21.0 Å². The van der Waals surface area contributed by atoms with Crippen molar-refractivity contribution in [2.75, 3.05) is 13.2 Å². The zero-order chi connectivity index (χ0) is 50.4. The lowest BCUT2D eigenvalue weighted by atomic mass is 9.99. The van der Waals surface area contributed by atoms with Crippen molar-refractivity contribution < 1.29 is 28.7 Å². The molecule has 4 amide bonds. The second kappa shape index (κ2) is 19.3. The average Bonchev–Trinajstić information content (AvgIpc) is 4.27. The lowest BCUT2D eigenvalue weighted by Gasteiger charge is -2.43. The fourth-order valence-electron chi connectivity index (χ4n) is 11.1. The Kier molecular flexibility index (Phi) is 12.5. The molecule has 0 saturated heterocycles. The van der Waals surface area contributed by atoms with Gasteiger partial charge in [0.1, 0.15) is 11.3 Å². The molecule has 370 valence electrons. The Morgan fingerprint density at radius 3 is 1.49 bits per heavy atom. The topological polar surface area (TPSA) is 193 Å². The number of hydrogen-bond acceptors (Lipinski definition) is 10. The van der Waals surface area contributed by atoms with Crippen molar-refractivity contribution in [2.45, 2.75) is 90.5 Å². The van der Waals surface area contributed by atoms with Crippen LogP contribution in [-0.4, -0.2) is 88.9 Å². The van der Waals surface area contributed by atoms with Gasteiger partial charge in [-0.2, -0.15) is 10.2 Å². The normalized spacial score (nSPS) is 15.7. The van der Waals surface area contributed by atoms with Crippen molar-refractivity contribution in [3.8, 4) is 0 Å². The molecule has 0 saturated carbocycles. The molecule has 0 radical (unpaired) electrons. The van der Waals surface area contributed by atoms with E-state index in [1.54, 1.807) is 12.4 Å². The molecule has 6 aromatic heterocycles. The van der Waals surface area contributed by atoms with E-state index >= 15 is 0 Å². The summed E-state index contributed by atoms with van der Waals surface area (Å²) in [6, 6.07) is 32.7. The van der Waals surface area contributed by atoms with Crippen molar-refractivity contribution in [2.24, 2.45) is 0 Å². The van der Waals surface area contributed by atoms with Crippen LogP contribution in [0.15, 0.2) is 122 Å². The predicted molar refractivity (Wildman–Crippen MR) is 280 cm³/mol. The van der Waals surface area contributed by atoms with Gasteiger partial charge in [-0.25, -0.2) is 9.97 Å². The summed E-state index contributed by atoms with van der Waals surface area (Å²) in [6.45, 7) is 10.3. The molecule has 0 unspecified atom stereocenters. The summed E-state index contributed by atoms with van der Waals surface area (Å²) in [7, 11) is -2.65. The Balaban J connectivity index is 0.000000175. The molecule has 0 spiro atoms. The highest BCUT2D eigenvalue weighted by Crippen LogP contribution is 2.39. The number of nitrogens with zero attached hydrogens (tertiary/aromatic N) is 8. The van der Waals surface area contributed by atoms with Crippen LogP contribution in [0.4, 0.5) is 0 Å². The highest BCUT2D eigenvalue weighted by Gasteiger charge is 2.50. The zero-order valence-corrected chi connectivity index (χ0v) is 42.1. The second-order valence-electron chi connectivity index (χ2n) is 19.9. The molecule has 0 fully saturated rings. The van der Waals surface area contributed by atoms with Gasteiger partial charge < -0.3 is 18.7 Å². The molecule has 4 aliphatic heterocycles. The van der Waals surface area contributed by atoms with Gasteiger partial charge >= 0.3 is 0 Å². The third-order valence-corrected chi connectivity index (χ3v) is 19.4. The van der Waals surface area contributed by atoms with Crippen LogP contribution in [0.25, 0.3) is 44.4 Å². The number of pyridine rings is 2. The maximum Gasteiger partial charge on any atom is 0.261 e. The molecule has 3 N–H and O–H groups in total. The first-order valence-corrected chi connectivity index (χ1v) is 26.9. The number of hydrogen-bond donors (Lipinski definition) is 3. The van der Waals surface area contributed by atoms with Crippen LogP contribution in [0.3, 0.4) is 0 Å². The van der Waals surface area contributed by atoms with E-state index in [0.717, 1.165) is 78.6 Å². The van der Waals surface area contributed by atoms with Gasteiger partial charge in [0.05, 0.1) is 33.7 Å².